The van der Waals surface area contributed by atoms with Crippen molar-refractivity contribution < 1.29 is 4.79 Å². The number of nitrogens with one attached hydrogen (secondary N) is 2. The maximum atomic E-state index is 11.6. The summed E-state index contributed by atoms with van der Waals surface area (Å²) in [6, 6.07) is 11.1. The summed E-state index contributed by atoms with van der Waals surface area (Å²) in [6.45, 7) is 5.79. The highest BCUT2D eigenvalue weighted by Gasteiger charge is 2.42. The lowest BCUT2D eigenvalue weighted by Crippen LogP contribution is -2.50. The van der Waals surface area contributed by atoms with E-state index in [-0.39, 0.29) is 18.0 Å². The van der Waals surface area contributed by atoms with Gasteiger partial charge in [-0.3, -0.25) is 9.78 Å². The molecule has 4 aromatic heterocycles. The van der Waals surface area contributed by atoms with Crippen LogP contribution in [0.4, 0.5) is 10.8 Å². The third kappa shape index (κ3) is 4.45. The predicted molar refractivity (Wildman–Crippen MR) is 147 cm³/mol. The van der Waals surface area contributed by atoms with Gasteiger partial charge >= 0.3 is 0 Å². The molecular formula is C27H29N9OS. The first-order valence-corrected chi connectivity index (χ1v) is 13.8. The third-order valence-electron chi connectivity index (χ3n) is 7.25. The topological polar surface area (TPSA) is 124 Å². The zero-order chi connectivity index (χ0) is 26.4. The molecule has 11 heteroatoms. The fourth-order valence-corrected chi connectivity index (χ4v) is 6.79. The minimum Gasteiger partial charge on any atom is -0.382 e. The number of carbonyl (C=O) groups is 1. The molecule has 6 rings (SSSR count). The molecule has 2 N–H and O–H groups in total. The average Bonchev–Trinajstić information content (AvgIpc) is 3.59. The summed E-state index contributed by atoms with van der Waals surface area (Å²) in [4.78, 5) is 18.8. The maximum Gasteiger partial charge on any atom is 0.217 e. The van der Waals surface area contributed by atoms with Gasteiger partial charge in [0, 0.05) is 43.0 Å². The van der Waals surface area contributed by atoms with E-state index < -0.39 is 0 Å². The van der Waals surface area contributed by atoms with Gasteiger partial charge < -0.3 is 15.5 Å². The van der Waals surface area contributed by atoms with Gasteiger partial charge in [0.05, 0.1) is 34.2 Å². The van der Waals surface area contributed by atoms with Gasteiger partial charge in [-0.15, -0.1) is 10.2 Å². The Labute approximate surface area is 224 Å². The van der Waals surface area contributed by atoms with E-state index in [1.807, 2.05) is 30.5 Å². The zero-order valence-corrected chi connectivity index (χ0v) is 22.4. The molecule has 0 aromatic carbocycles. The first-order chi connectivity index (χ1) is 18.4. The van der Waals surface area contributed by atoms with Crippen molar-refractivity contribution >= 4 is 33.6 Å². The highest BCUT2D eigenvalue weighted by molar-refractivity contribution is 7.18. The molecule has 2 aliphatic rings. The molecule has 38 heavy (non-hydrogen) atoms. The van der Waals surface area contributed by atoms with Gasteiger partial charge in [0.15, 0.2) is 5.01 Å². The van der Waals surface area contributed by atoms with E-state index in [2.05, 4.69) is 50.7 Å². The second kappa shape index (κ2) is 9.68. The molecule has 2 fully saturated rings. The van der Waals surface area contributed by atoms with Crippen molar-refractivity contribution in [1.82, 2.24) is 30.1 Å². The first-order valence-electron chi connectivity index (χ1n) is 12.9. The molecule has 194 valence electrons. The van der Waals surface area contributed by atoms with Gasteiger partial charge in [0.2, 0.25) is 11.0 Å². The zero-order valence-electron chi connectivity index (χ0n) is 21.5. The number of amides is 1. The van der Waals surface area contributed by atoms with Crippen LogP contribution in [0.5, 0.6) is 0 Å². The van der Waals surface area contributed by atoms with E-state index in [0.717, 1.165) is 64.0 Å². The molecule has 0 radical (unpaired) electrons. The molecule has 2 unspecified atom stereocenters. The third-order valence-corrected chi connectivity index (χ3v) is 8.22. The number of aromatic nitrogens is 5. The molecule has 2 bridgehead atoms. The maximum absolute atomic E-state index is 11.6. The lowest BCUT2D eigenvalue weighted by molar-refractivity contribution is -0.119. The van der Waals surface area contributed by atoms with Crippen molar-refractivity contribution in [3.63, 3.8) is 0 Å². The molecule has 6 heterocycles. The number of hydrogen-bond donors (Lipinski definition) is 2. The van der Waals surface area contributed by atoms with Gasteiger partial charge in [-0.1, -0.05) is 11.3 Å². The summed E-state index contributed by atoms with van der Waals surface area (Å²) in [5.74, 6) is 0.0398. The summed E-state index contributed by atoms with van der Waals surface area (Å²) in [7, 11) is 0. The van der Waals surface area contributed by atoms with Crippen LogP contribution in [0.3, 0.4) is 0 Å². The van der Waals surface area contributed by atoms with Gasteiger partial charge in [-0.05, 0) is 63.8 Å². The number of carbonyl (C=O) groups excluding carboxylic acids is 1. The number of rotatable bonds is 6. The monoisotopic (exact) mass is 527 g/mol. The summed E-state index contributed by atoms with van der Waals surface area (Å²) >= 11 is 1.59. The number of pyridine rings is 1. The van der Waals surface area contributed by atoms with E-state index in [4.69, 9.17) is 4.98 Å². The molecule has 0 saturated carbocycles. The van der Waals surface area contributed by atoms with Crippen molar-refractivity contribution in [3.8, 4) is 28.0 Å². The Morgan fingerprint density at radius 3 is 2.66 bits per heavy atom. The van der Waals surface area contributed by atoms with Gasteiger partial charge in [0.1, 0.15) is 6.07 Å². The summed E-state index contributed by atoms with van der Waals surface area (Å²) < 4.78 is 1.80. The summed E-state index contributed by atoms with van der Waals surface area (Å²) in [5, 5.41) is 31.2. The number of nitriles is 1. The number of hydrogen-bond acceptors (Lipinski definition) is 9. The summed E-state index contributed by atoms with van der Waals surface area (Å²) in [5.41, 5.74) is 4.83. The molecule has 0 aliphatic carbocycles. The lowest BCUT2D eigenvalue weighted by Gasteiger charge is -2.38. The number of anilines is 2. The van der Waals surface area contributed by atoms with Crippen LogP contribution in [0.1, 0.15) is 52.0 Å². The van der Waals surface area contributed by atoms with Crippen LogP contribution in [0.15, 0.2) is 36.7 Å². The van der Waals surface area contributed by atoms with Gasteiger partial charge in [-0.25, -0.2) is 4.52 Å². The smallest absolute Gasteiger partial charge is 0.217 e. The van der Waals surface area contributed by atoms with Gasteiger partial charge in [0.25, 0.3) is 0 Å². The standard InChI is InChI=1S/C27H29N9OS/c1-15(2)31-23-11-24(25-7-6-21-8-17(12-28)13-30-36(21)25)29-14-22(23)26-33-34-27(38-26)35-19-4-5-20(35)10-18(9-19)32-16(3)37/h6-8,11,13-15,18-20H,4-5,9-10H2,1-3H3,(H,29,31)(H,32,37). The molecule has 1 amide bonds. The Bertz CT molecular complexity index is 1540. The molecule has 4 aromatic rings. The Hall–Kier alpha value is -4.04. The van der Waals surface area contributed by atoms with E-state index in [0.29, 0.717) is 17.6 Å². The van der Waals surface area contributed by atoms with E-state index in [1.54, 1.807) is 29.0 Å². The minimum atomic E-state index is 0.0398. The fourth-order valence-electron chi connectivity index (χ4n) is 5.77. The normalized spacial score (nSPS) is 20.6. The van der Waals surface area contributed by atoms with Crippen molar-refractivity contribution in [1.29, 1.82) is 5.26 Å². The van der Waals surface area contributed by atoms with Crippen LogP contribution in [-0.4, -0.2) is 54.9 Å². The van der Waals surface area contributed by atoms with Crippen molar-refractivity contribution in [2.45, 2.75) is 70.6 Å². The quantitative estimate of drug-likeness (QED) is 0.382. The summed E-state index contributed by atoms with van der Waals surface area (Å²) in [6.07, 6.45) is 7.52. The molecule has 2 aliphatic heterocycles. The van der Waals surface area contributed by atoms with Crippen molar-refractivity contribution in [2.75, 3.05) is 10.2 Å². The molecule has 0 spiro atoms. The predicted octanol–water partition coefficient (Wildman–Crippen LogP) is 4.24. The average molecular weight is 528 g/mol. The fraction of sp³-hybridized carbons (Fsp3) is 0.407. The number of fused-ring (bicyclic) bond motifs is 3. The van der Waals surface area contributed by atoms with Crippen molar-refractivity contribution in [3.05, 3.63) is 42.2 Å². The van der Waals surface area contributed by atoms with Gasteiger partial charge in [-0.2, -0.15) is 10.4 Å². The second-order valence-electron chi connectivity index (χ2n) is 10.4. The van der Waals surface area contributed by atoms with Crippen LogP contribution < -0.4 is 15.5 Å². The lowest BCUT2D eigenvalue weighted by atomic mass is 9.98. The molecule has 10 nitrogen and oxygen atoms in total. The molecule has 2 saturated heterocycles. The molecular weight excluding hydrogens is 498 g/mol. The minimum absolute atomic E-state index is 0.0398. The van der Waals surface area contributed by atoms with E-state index in [9.17, 15) is 10.1 Å². The Morgan fingerprint density at radius 1 is 1.16 bits per heavy atom. The second-order valence-corrected chi connectivity index (χ2v) is 11.3. The Morgan fingerprint density at radius 2 is 1.95 bits per heavy atom. The van der Waals surface area contributed by atoms with Crippen LogP contribution in [-0.2, 0) is 4.79 Å². The first kappa shape index (κ1) is 24.3. The Balaban J connectivity index is 1.31. The number of nitrogens with zero attached hydrogens (tertiary/aromatic N) is 7. The SMILES string of the molecule is CC(=O)NC1CC2CCC(C1)N2c1nnc(-c2cnc(-c3ccc4cc(C#N)cnn34)cc2NC(C)C)s1. The van der Waals surface area contributed by atoms with E-state index >= 15 is 0 Å². The van der Waals surface area contributed by atoms with Crippen LogP contribution in [0, 0.1) is 11.3 Å². The largest absolute Gasteiger partial charge is 0.382 e. The highest BCUT2D eigenvalue weighted by atomic mass is 32.1. The van der Waals surface area contributed by atoms with Crippen LogP contribution in [0.25, 0.3) is 27.5 Å². The van der Waals surface area contributed by atoms with Crippen molar-refractivity contribution in [2.24, 2.45) is 0 Å². The number of piperidine rings is 1. The van der Waals surface area contributed by atoms with Crippen LogP contribution >= 0.6 is 11.3 Å². The Kier molecular flexibility index (Phi) is 6.19. The van der Waals surface area contributed by atoms with E-state index in [1.165, 1.54) is 0 Å². The molecule has 2 atom stereocenters. The van der Waals surface area contributed by atoms with Crippen LogP contribution in [0.2, 0.25) is 0 Å². The highest BCUT2D eigenvalue weighted by Crippen LogP contribution is 2.43.